The van der Waals surface area contributed by atoms with Crippen LogP contribution in [0, 0.1) is 11.8 Å². The van der Waals surface area contributed by atoms with E-state index in [2.05, 4.69) is 51.3 Å². The molecule has 0 saturated heterocycles. The van der Waals surface area contributed by atoms with Gasteiger partial charge in [-0.3, -0.25) is 9.59 Å². The molecule has 0 bridgehead atoms. The minimum atomic E-state index is -0.130. The number of thiophene rings is 1. The Hall–Kier alpha value is -2.34. The van der Waals surface area contributed by atoms with Crippen LogP contribution in [-0.2, 0) is 16.0 Å². The van der Waals surface area contributed by atoms with Crippen molar-refractivity contribution in [3.63, 3.8) is 0 Å². The van der Waals surface area contributed by atoms with Crippen molar-refractivity contribution in [3.05, 3.63) is 51.7 Å². The Bertz CT molecular complexity index is 962. The molecular weight excluding hydrogens is 432 g/mol. The van der Waals surface area contributed by atoms with Gasteiger partial charge in [0.25, 0.3) is 0 Å². The minimum absolute atomic E-state index is 0.0188. The van der Waals surface area contributed by atoms with Crippen LogP contribution in [0.4, 0.5) is 0 Å². The van der Waals surface area contributed by atoms with E-state index in [1.165, 1.54) is 16.0 Å². The number of benzene rings is 1. The van der Waals surface area contributed by atoms with Gasteiger partial charge in [0.1, 0.15) is 12.4 Å². The molecule has 1 aromatic heterocycles. The average molecular weight is 469 g/mol. The number of carbonyl (C=O) groups is 2. The van der Waals surface area contributed by atoms with E-state index in [-0.39, 0.29) is 30.3 Å². The van der Waals surface area contributed by atoms with E-state index < -0.39 is 0 Å². The Labute approximate surface area is 201 Å². The molecule has 33 heavy (non-hydrogen) atoms. The molecule has 1 aliphatic heterocycles. The van der Waals surface area contributed by atoms with E-state index in [9.17, 15) is 9.59 Å². The number of ether oxygens (including phenoxy) is 1. The fraction of sp³-hybridized carbons (Fsp3) is 0.556. The molecule has 2 aliphatic rings. The zero-order chi connectivity index (χ0) is 23.5. The third kappa shape index (κ3) is 5.78. The molecule has 0 N–H and O–H groups in total. The molecule has 2 aromatic rings. The van der Waals surface area contributed by atoms with Crippen LogP contribution in [0.15, 0.2) is 35.7 Å². The van der Waals surface area contributed by atoms with Gasteiger partial charge in [0.05, 0.1) is 12.6 Å². The highest BCUT2D eigenvalue weighted by atomic mass is 32.1. The summed E-state index contributed by atoms with van der Waals surface area (Å²) in [4.78, 5) is 31.4. The van der Waals surface area contributed by atoms with Crippen molar-refractivity contribution in [2.24, 2.45) is 11.8 Å². The first kappa shape index (κ1) is 23.8. The summed E-state index contributed by atoms with van der Waals surface area (Å²) in [5.74, 6) is 1.91. The predicted octanol–water partition coefficient (Wildman–Crippen LogP) is 5.27. The van der Waals surface area contributed by atoms with Gasteiger partial charge in [0.2, 0.25) is 11.8 Å². The van der Waals surface area contributed by atoms with Crippen molar-refractivity contribution in [1.29, 1.82) is 0 Å². The smallest absolute Gasteiger partial charge is 0.242 e. The van der Waals surface area contributed by atoms with Gasteiger partial charge in [-0.25, -0.2) is 0 Å². The van der Waals surface area contributed by atoms with E-state index in [0.717, 1.165) is 25.0 Å². The lowest BCUT2D eigenvalue weighted by Gasteiger charge is -2.37. The summed E-state index contributed by atoms with van der Waals surface area (Å²) in [6.45, 7) is 10.4. The lowest BCUT2D eigenvalue weighted by Crippen LogP contribution is -2.48. The summed E-state index contributed by atoms with van der Waals surface area (Å²) < 4.78 is 6.18. The molecule has 1 atom stereocenters. The molecule has 4 rings (SSSR count). The van der Waals surface area contributed by atoms with Crippen LogP contribution in [0.3, 0.4) is 0 Å². The standard InChI is InChI=1S/C27H36N2O3S/c1-18(2)15-28(27(31)21-5-6-21)16-26(30)29-13-11-25-23(12-14-33-25)24(29)17-32-22-9-7-20(8-10-22)19(3)4/h7-10,12,14,18-19,21,24H,5-6,11,13,15-17H2,1-4H3. The van der Waals surface area contributed by atoms with Gasteiger partial charge < -0.3 is 14.5 Å². The highest BCUT2D eigenvalue weighted by Gasteiger charge is 2.37. The number of nitrogens with zero attached hydrogens (tertiary/aromatic N) is 2. The van der Waals surface area contributed by atoms with Crippen LogP contribution >= 0.6 is 11.3 Å². The van der Waals surface area contributed by atoms with Crippen LogP contribution < -0.4 is 4.74 Å². The quantitative estimate of drug-likeness (QED) is 0.504. The molecule has 1 unspecified atom stereocenters. The SMILES string of the molecule is CC(C)CN(CC(=O)N1CCc2sccc2C1COc1ccc(C(C)C)cc1)C(=O)C1CC1. The van der Waals surface area contributed by atoms with Crippen molar-refractivity contribution in [3.8, 4) is 5.75 Å². The average Bonchev–Trinajstić information content (AvgIpc) is 3.53. The van der Waals surface area contributed by atoms with E-state index in [1.807, 2.05) is 17.0 Å². The molecule has 2 heterocycles. The fourth-order valence-electron chi connectivity index (χ4n) is 4.51. The minimum Gasteiger partial charge on any atom is -0.491 e. The van der Waals surface area contributed by atoms with E-state index in [4.69, 9.17) is 4.74 Å². The number of amides is 2. The highest BCUT2D eigenvalue weighted by molar-refractivity contribution is 7.10. The number of carbonyl (C=O) groups excluding carboxylic acids is 2. The Kier molecular flexibility index (Phi) is 7.42. The van der Waals surface area contributed by atoms with Crippen LogP contribution in [0.5, 0.6) is 5.75 Å². The third-order valence-electron chi connectivity index (χ3n) is 6.52. The maximum atomic E-state index is 13.5. The largest absolute Gasteiger partial charge is 0.491 e. The maximum absolute atomic E-state index is 13.5. The van der Waals surface area contributed by atoms with Gasteiger partial charge in [-0.05, 0) is 65.8 Å². The molecular formula is C27H36N2O3S. The van der Waals surface area contributed by atoms with Gasteiger partial charge in [-0.1, -0.05) is 39.8 Å². The first-order valence-corrected chi connectivity index (χ1v) is 13.1. The molecule has 5 nitrogen and oxygen atoms in total. The fourth-order valence-corrected chi connectivity index (χ4v) is 5.44. The van der Waals surface area contributed by atoms with E-state index >= 15 is 0 Å². The Balaban J connectivity index is 1.48. The van der Waals surface area contributed by atoms with Crippen molar-refractivity contribution in [2.45, 2.75) is 58.9 Å². The lowest BCUT2D eigenvalue weighted by molar-refractivity contribution is -0.143. The third-order valence-corrected chi connectivity index (χ3v) is 7.52. The normalized spacial score (nSPS) is 17.9. The second kappa shape index (κ2) is 10.3. The van der Waals surface area contributed by atoms with Crippen molar-refractivity contribution in [2.75, 3.05) is 26.2 Å². The first-order valence-electron chi connectivity index (χ1n) is 12.2. The van der Waals surface area contributed by atoms with Crippen LogP contribution in [-0.4, -0.2) is 47.9 Å². The molecule has 0 radical (unpaired) electrons. The van der Waals surface area contributed by atoms with Gasteiger partial charge >= 0.3 is 0 Å². The summed E-state index contributed by atoms with van der Waals surface area (Å²) in [5.41, 5.74) is 2.46. The predicted molar refractivity (Wildman–Crippen MR) is 133 cm³/mol. The van der Waals surface area contributed by atoms with Crippen LogP contribution in [0.1, 0.15) is 68.5 Å². The summed E-state index contributed by atoms with van der Waals surface area (Å²) in [6, 6.07) is 10.2. The van der Waals surface area contributed by atoms with Crippen LogP contribution in [0.2, 0.25) is 0 Å². The van der Waals surface area contributed by atoms with E-state index in [0.29, 0.717) is 31.5 Å². The summed E-state index contributed by atoms with van der Waals surface area (Å²) in [7, 11) is 0. The summed E-state index contributed by atoms with van der Waals surface area (Å²) >= 11 is 1.75. The molecule has 6 heteroatoms. The summed E-state index contributed by atoms with van der Waals surface area (Å²) in [5, 5.41) is 2.10. The molecule has 0 spiro atoms. The summed E-state index contributed by atoms with van der Waals surface area (Å²) in [6.07, 6.45) is 2.77. The monoisotopic (exact) mass is 468 g/mol. The maximum Gasteiger partial charge on any atom is 0.242 e. The first-order chi connectivity index (χ1) is 15.8. The molecule has 1 saturated carbocycles. The lowest BCUT2D eigenvalue weighted by atomic mass is 10.00. The Morgan fingerprint density at radius 3 is 2.48 bits per heavy atom. The number of rotatable bonds is 9. The zero-order valence-corrected chi connectivity index (χ0v) is 21.1. The Morgan fingerprint density at radius 1 is 1.12 bits per heavy atom. The molecule has 1 fully saturated rings. The van der Waals surface area contributed by atoms with Gasteiger partial charge in [-0.15, -0.1) is 11.3 Å². The number of fused-ring (bicyclic) bond motifs is 1. The van der Waals surface area contributed by atoms with Crippen LogP contribution in [0.25, 0.3) is 0 Å². The van der Waals surface area contributed by atoms with Crippen molar-refractivity contribution < 1.29 is 14.3 Å². The van der Waals surface area contributed by atoms with Gasteiger partial charge in [0, 0.05) is 23.9 Å². The molecule has 178 valence electrons. The second-order valence-corrected chi connectivity index (χ2v) is 11.1. The molecule has 1 aliphatic carbocycles. The van der Waals surface area contributed by atoms with E-state index in [1.54, 1.807) is 16.2 Å². The van der Waals surface area contributed by atoms with Gasteiger partial charge in [-0.2, -0.15) is 0 Å². The second-order valence-electron chi connectivity index (χ2n) is 10.1. The number of hydrogen-bond acceptors (Lipinski definition) is 4. The topological polar surface area (TPSA) is 49.9 Å². The Morgan fingerprint density at radius 2 is 1.85 bits per heavy atom. The van der Waals surface area contributed by atoms with Crippen molar-refractivity contribution in [1.82, 2.24) is 9.80 Å². The molecule has 1 aromatic carbocycles. The van der Waals surface area contributed by atoms with Crippen molar-refractivity contribution >= 4 is 23.2 Å². The highest BCUT2D eigenvalue weighted by Crippen LogP contribution is 2.35. The zero-order valence-electron chi connectivity index (χ0n) is 20.3. The molecule has 2 amide bonds. The van der Waals surface area contributed by atoms with Gasteiger partial charge in [0.15, 0.2) is 0 Å². The number of hydrogen-bond donors (Lipinski definition) is 0.